The highest BCUT2D eigenvalue weighted by molar-refractivity contribution is 5.80. The Kier molecular flexibility index (Phi) is 7.68. The highest BCUT2D eigenvalue weighted by Crippen LogP contribution is 2.63. The molecule has 0 unspecified atom stereocenters. The number of hydrogen-bond donors (Lipinski definition) is 4. The fourth-order valence-corrected chi connectivity index (χ4v) is 7.94. The van der Waals surface area contributed by atoms with E-state index in [0.29, 0.717) is 30.5 Å². The summed E-state index contributed by atoms with van der Waals surface area (Å²) in [6.45, 7) is 9.15. The highest BCUT2D eigenvalue weighted by Gasteiger charge is 2.55. The van der Waals surface area contributed by atoms with E-state index in [9.17, 15) is 30.5 Å². The molecule has 8 nitrogen and oxygen atoms in total. The predicted octanol–water partition coefficient (Wildman–Crippen LogP) is 7.51. The first-order chi connectivity index (χ1) is 19.8. The van der Waals surface area contributed by atoms with Crippen molar-refractivity contribution >= 4 is 12.3 Å². The van der Waals surface area contributed by atoms with Crippen molar-refractivity contribution in [3.63, 3.8) is 0 Å². The molecule has 5 rings (SSSR count). The molecule has 1 saturated carbocycles. The van der Waals surface area contributed by atoms with Crippen molar-refractivity contribution in [2.24, 2.45) is 27.7 Å². The lowest BCUT2D eigenvalue weighted by atomic mass is 9.48. The second-order valence-corrected chi connectivity index (χ2v) is 13.0. The molecule has 0 aliphatic heterocycles. The Bertz CT molecular complexity index is 1550. The average Bonchev–Trinajstić information content (AvgIpc) is 2.92. The molecule has 4 N–H and O–H groups in total. The third kappa shape index (κ3) is 5.19. The van der Waals surface area contributed by atoms with E-state index in [-0.39, 0.29) is 56.3 Å². The van der Waals surface area contributed by atoms with Crippen molar-refractivity contribution in [3.8, 4) is 23.0 Å². The molecule has 3 atom stereocenters. The minimum absolute atomic E-state index is 0.0627. The van der Waals surface area contributed by atoms with Gasteiger partial charge >= 0.3 is 0 Å². The quantitative estimate of drug-likeness (QED) is 0.122. The van der Waals surface area contributed by atoms with E-state index in [4.69, 9.17) is 4.99 Å². The number of nitro groups is 1. The van der Waals surface area contributed by atoms with Crippen LogP contribution in [0.5, 0.6) is 23.0 Å². The maximum absolute atomic E-state index is 12.7. The van der Waals surface area contributed by atoms with Crippen molar-refractivity contribution in [1.29, 1.82) is 0 Å². The van der Waals surface area contributed by atoms with E-state index >= 15 is 0 Å². The lowest BCUT2D eigenvalue weighted by Gasteiger charge is -2.56. The molecule has 0 aromatic heterocycles. The van der Waals surface area contributed by atoms with Gasteiger partial charge in [-0.3, -0.25) is 15.1 Å². The monoisotopic (exact) mass is 572 g/mol. The first kappa shape index (κ1) is 29.4. The van der Waals surface area contributed by atoms with Crippen LogP contribution in [0.4, 0.5) is 0 Å². The van der Waals surface area contributed by atoms with E-state index in [1.165, 1.54) is 24.3 Å². The molecule has 0 saturated heterocycles. The van der Waals surface area contributed by atoms with Crippen LogP contribution >= 0.6 is 0 Å². The zero-order valence-electron chi connectivity index (χ0n) is 24.7. The van der Waals surface area contributed by atoms with Crippen LogP contribution in [-0.4, -0.2) is 38.1 Å². The Balaban J connectivity index is 1.54. The van der Waals surface area contributed by atoms with Crippen molar-refractivity contribution in [2.75, 3.05) is 6.54 Å². The molecule has 2 aromatic carbocycles. The lowest BCUT2D eigenvalue weighted by molar-refractivity contribution is -0.423. The number of fused-ring (bicyclic) bond motifs is 2. The molecule has 0 bridgehead atoms. The third-order valence-corrected chi connectivity index (χ3v) is 9.84. The fourth-order valence-electron chi connectivity index (χ4n) is 7.94. The van der Waals surface area contributed by atoms with Gasteiger partial charge in [-0.15, -0.1) is 0 Å². The molecule has 2 aromatic rings. The summed E-state index contributed by atoms with van der Waals surface area (Å²) in [5, 5.41) is 52.1. The van der Waals surface area contributed by atoms with Crippen molar-refractivity contribution in [2.45, 2.75) is 66.2 Å². The van der Waals surface area contributed by atoms with Crippen LogP contribution in [-0.2, 0) is 0 Å². The number of aromatic hydroxyl groups is 4. The van der Waals surface area contributed by atoms with Crippen LogP contribution in [0.3, 0.4) is 0 Å². The fraction of sp³-hybridized carbons (Fsp3) is 0.441. The molecule has 1 fully saturated rings. The second kappa shape index (κ2) is 11.0. The SMILES string of the molecule is CC(C)C1=C([N+](=O)[O-])C2=C(C/C1=C\c1ccc(O)c(O)c1)[C@@]1(C)CCC[C@@](C)(CN=Cc3ccc(O)c(O)c3)[C@@H]1CC2. The van der Waals surface area contributed by atoms with Crippen LogP contribution in [0.15, 0.2) is 69.4 Å². The Morgan fingerprint density at radius 1 is 1.00 bits per heavy atom. The van der Waals surface area contributed by atoms with E-state index in [2.05, 4.69) is 13.8 Å². The van der Waals surface area contributed by atoms with Gasteiger partial charge in [0.2, 0.25) is 0 Å². The predicted molar refractivity (Wildman–Crippen MR) is 163 cm³/mol. The second-order valence-electron chi connectivity index (χ2n) is 13.0. The van der Waals surface area contributed by atoms with E-state index in [1.54, 1.807) is 18.3 Å². The number of aliphatic imine (C=N–C) groups is 1. The normalized spacial score (nSPS) is 27.1. The van der Waals surface area contributed by atoms with Crippen LogP contribution in [0.25, 0.3) is 6.08 Å². The molecule has 0 amide bonds. The summed E-state index contributed by atoms with van der Waals surface area (Å²) in [6.07, 6.45) is 8.75. The number of benzene rings is 2. The molecule has 222 valence electrons. The zero-order chi connectivity index (χ0) is 30.4. The van der Waals surface area contributed by atoms with E-state index < -0.39 is 0 Å². The summed E-state index contributed by atoms with van der Waals surface area (Å²) >= 11 is 0. The highest BCUT2D eigenvalue weighted by atomic mass is 16.6. The smallest absolute Gasteiger partial charge is 0.276 e. The summed E-state index contributed by atoms with van der Waals surface area (Å²) in [6, 6.07) is 9.30. The van der Waals surface area contributed by atoms with Crippen LogP contribution in [0, 0.1) is 32.8 Å². The lowest BCUT2D eigenvalue weighted by Crippen LogP contribution is -2.49. The van der Waals surface area contributed by atoms with Gasteiger partial charge in [0.1, 0.15) is 0 Å². The summed E-state index contributed by atoms with van der Waals surface area (Å²) in [7, 11) is 0. The average molecular weight is 573 g/mol. The van der Waals surface area contributed by atoms with Crippen molar-refractivity contribution in [3.05, 3.63) is 85.6 Å². The van der Waals surface area contributed by atoms with Crippen LogP contribution in [0.2, 0.25) is 0 Å². The maximum Gasteiger partial charge on any atom is 0.276 e. The molecule has 3 aliphatic carbocycles. The zero-order valence-corrected chi connectivity index (χ0v) is 24.7. The van der Waals surface area contributed by atoms with Crippen molar-refractivity contribution in [1.82, 2.24) is 0 Å². The summed E-state index contributed by atoms with van der Waals surface area (Å²) in [4.78, 5) is 17.3. The first-order valence-electron chi connectivity index (χ1n) is 14.7. The molecular weight excluding hydrogens is 532 g/mol. The Morgan fingerprint density at radius 2 is 1.64 bits per heavy atom. The van der Waals surface area contributed by atoms with Crippen LogP contribution < -0.4 is 0 Å². The van der Waals surface area contributed by atoms with Crippen LogP contribution in [0.1, 0.15) is 77.3 Å². The van der Waals surface area contributed by atoms with E-state index in [0.717, 1.165) is 48.0 Å². The molecular formula is C34H40N2O6. The van der Waals surface area contributed by atoms with Gasteiger partial charge < -0.3 is 20.4 Å². The first-order valence-corrected chi connectivity index (χ1v) is 14.7. The Hall–Kier alpha value is -4.07. The number of rotatable bonds is 6. The van der Waals surface area contributed by atoms with Gasteiger partial charge in [0.15, 0.2) is 23.0 Å². The molecule has 0 spiro atoms. The Morgan fingerprint density at radius 3 is 2.26 bits per heavy atom. The largest absolute Gasteiger partial charge is 0.504 e. The number of hydrogen-bond acceptors (Lipinski definition) is 7. The Labute approximate surface area is 246 Å². The van der Waals surface area contributed by atoms with Gasteiger partial charge in [0.05, 0.1) is 4.92 Å². The number of nitrogens with zero attached hydrogens (tertiary/aromatic N) is 2. The molecule has 3 aliphatic rings. The topological polar surface area (TPSA) is 136 Å². The third-order valence-electron chi connectivity index (χ3n) is 9.84. The van der Waals surface area contributed by atoms with Gasteiger partial charge in [0.25, 0.3) is 5.70 Å². The van der Waals surface area contributed by atoms with E-state index in [1.807, 2.05) is 19.9 Å². The standard InChI is InChI=1S/C34H40N2O6/c1-20(2)31-23(14-21-6-9-26(37)28(39)15-21)17-25-24(32(31)36(41)42)8-11-30-33(3,12-5-13-34(25,30)4)19-35-18-22-7-10-27(38)29(40)16-22/h6-7,9-10,14-16,18,20,30,37-40H,5,8,11-13,17,19H2,1-4H3/b23-14+,35-18?/t30-,33-,34+/m0/s1. The maximum atomic E-state index is 12.7. The van der Waals surface area contributed by atoms with Gasteiger partial charge in [-0.1, -0.05) is 46.3 Å². The summed E-state index contributed by atoms with van der Waals surface area (Å²) < 4.78 is 0. The molecule has 0 heterocycles. The van der Waals surface area contributed by atoms with Crippen molar-refractivity contribution < 1.29 is 25.3 Å². The molecule has 0 radical (unpaired) electrons. The van der Waals surface area contributed by atoms with Gasteiger partial charge in [-0.25, -0.2) is 0 Å². The number of phenolic OH excluding ortho intramolecular Hbond substituents is 4. The number of allylic oxidation sites excluding steroid dienone is 4. The molecule has 42 heavy (non-hydrogen) atoms. The minimum atomic E-state index is -0.229. The minimum Gasteiger partial charge on any atom is -0.504 e. The van der Waals surface area contributed by atoms with Gasteiger partial charge in [-0.2, -0.15) is 0 Å². The van der Waals surface area contributed by atoms with Gasteiger partial charge in [0, 0.05) is 23.9 Å². The summed E-state index contributed by atoms with van der Waals surface area (Å²) in [5.74, 6) is -0.546. The summed E-state index contributed by atoms with van der Waals surface area (Å²) in [5.41, 5.74) is 4.97. The van der Waals surface area contributed by atoms with Gasteiger partial charge in [-0.05, 0) is 107 Å². The number of phenols is 4. The molecule has 8 heteroatoms.